The summed E-state index contributed by atoms with van der Waals surface area (Å²) in [7, 11) is 1.47. The summed E-state index contributed by atoms with van der Waals surface area (Å²) >= 11 is 5.84. The van der Waals surface area contributed by atoms with Gasteiger partial charge in [0, 0.05) is 18.0 Å². The van der Waals surface area contributed by atoms with Gasteiger partial charge in [0.2, 0.25) is 0 Å². The molecule has 2 atom stereocenters. The van der Waals surface area contributed by atoms with Crippen molar-refractivity contribution < 1.29 is 18.8 Å². The van der Waals surface area contributed by atoms with Crippen molar-refractivity contribution in [1.82, 2.24) is 10.3 Å². The molecule has 0 radical (unpaired) electrons. The molecule has 0 bridgehead atoms. The third kappa shape index (κ3) is 5.27. The minimum Gasteiger partial charge on any atom is -0.496 e. The maximum atomic E-state index is 11.3. The number of ether oxygens (including phenoxy) is 2. The molecular formula is C32H26N4O5S. The zero-order chi connectivity index (χ0) is 29.2. The Kier molecular flexibility index (Phi) is 7.28. The van der Waals surface area contributed by atoms with Crippen LogP contribution < -0.4 is 19.7 Å². The number of nitro benzene ring substituents is 1. The second-order valence-electron chi connectivity index (χ2n) is 9.75. The Morgan fingerprint density at radius 1 is 0.976 bits per heavy atom. The van der Waals surface area contributed by atoms with Gasteiger partial charge in [0.25, 0.3) is 5.69 Å². The zero-order valence-corrected chi connectivity index (χ0v) is 23.6. The largest absolute Gasteiger partial charge is 0.496 e. The highest BCUT2D eigenvalue weighted by molar-refractivity contribution is 7.80. The number of hydrogen-bond acceptors (Lipinski definition) is 7. The Labute approximate surface area is 247 Å². The van der Waals surface area contributed by atoms with Crippen molar-refractivity contribution in [3.8, 4) is 28.6 Å². The molecule has 42 heavy (non-hydrogen) atoms. The third-order valence-electron chi connectivity index (χ3n) is 7.05. The highest BCUT2D eigenvalue weighted by Gasteiger charge is 2.42. The van der Waals surface area contributed by atoms with Gasteiger partial charge in [-0.3, -0.25) is 15.1 Å². The Hall–Kier alpha value is -5.22. The summed E-state index contributed by atoms with van der Waals surface area (Å²) in [6, 6.07) is 28.8. The Bertz CT molecular complexity index is 1740. The van der Waals surface area contributed by atoms with E-state index in [4.69, 9.17) is 26.1 Å². The molecule has 2 aromatic heterocycles. The van der Waals surface area contributed by atoms with E-state index < -0.39 is 4.92 Å². The van der Waals surface area contributed by atoms with Crippen LogP contribution in [0.25, 0.3) is 11.3 Å². The van der Waals surface area contributed by atoms with Crippen molar-refractivity contribution >= 4 is 28.7 Å². The second-order valence-corrected chi connectivity index (χ2v) is 10.1. The van der Waals surface area contributed by atoms with Crippen LogP contribution in [0.2, 0.25) is 0 Å². The Morgan fingerprint density at radius 2 is 1.71 bits per heavy atom. The summed E-state index contributed by atoms with van der Waals surface area (Å²) in [5.74, 6) is 2.94. The van der Waals surface area contributed by atoms with E-state index in [1.807, 2.05) is 90.7 Å². The SMILES string of the molecule is COc1cc([N+](=O)[O-])ccc1-c1ccc([C@@H]2[C@H](c3ccccn3)NC(=S)N2c2ccc(Oc3ccc(C)cc3)cc2)o1. The molecule has 9 nitrogen and oxygen atoms in total. The van der Waals surface area contributed by atoms with Crippen molar-refractivity contribution in [2.45, 2.75) is 19.0 Å². The Morgan fingerprint density at radius 3 is 2.38 bits per heavy atom. The number of anilines is 1. The van der Waals surface area contributed by atoms with E-state index in [1.165, 1.54) is 19.2 Å². The van der Waals surface area contributed by atoms with Gasteiger partial charge in [0.1, 0.15) is 34.8 Å². The first kappa shape index (κ1) is 27.0. The van der Waals surface area contributed by atoms with Crippen LogP contribution in [0.4, 0.5) is 11.4 Å². The molecule has 0 aliphatic carbocycles. The van der Waals surface area contributed by atoms with E-state index in [9.17, 15) is 10.1 Å². The number of non-ortho nitro benzene ring substituents is 1. The smallest absolute Gasteiger partial charge is 0.273 e. The molecule has 10 heteroatoms. The van der Waals surface area contributed by atoms with Gasteiger partial charge in [-0.2, -0.15) is 0 Å². The van der Waals surface area contributed by atoms with Crippen LogP contribution in [0, 0.1) is 17.0 Å². The molecule has 0 amide bonds. The number of benzene rings is 3. The minimum atomic E-state index is -0.461. The number of nitrogens with one attached hydrogen (secondary N) is 1. The first-order chi connectivity index (χ1) is 20.4. The molecular weight excluding hydrogens is 552 g/mol. The van der Waals surface area contributed by atoms with Crippen LogP contribution in [0.15, 0.2) is 108 Å². The maximum absolute atomic E-state index is 11.3. The molecule has 210 valence electrons. The average Bonchev–Trinajstić information content (AvgIpc) is 3.63. The summed E-state index contributed by atoms with van der Waals surface area (Å²) in [5, 5.41) is 15.2. The molecule has 1 fully saturated rings. The predicted molar refractivity (Wildman–Crippen MR) is 163 cm³/mol. The quantitative estimate of drug-likeness (QED) is 0.114. The number of aromatic nitrogens is 1. The van der Waals surface area contributed by atoms with E-state index in [0.717, 1.165) is 22.7 Å². The number of aryl methyl sites for hydroxylation is 1. The van der Waals surface area contributed by atoms with Gasteiger partial charge in [-0.15, -0.1) is 0 Å². The predicted octanol–water partition coefficient (Wildman–Crippen LogP) is 7.54. The van der Waals surface area contributed by atoms with Crippen molar-refractivity contribution in [3.05, 3.63) is 130 Å². The standard InChI is InChI=1S/C32H26N4O5S/c1-20-6-11-23(12-7-20)40-24-13-8-21(9-14-24)35-31(30(34-32(35)42)26-5-3-4-18-33-26)28-17-16-27(41-28)25-15-10-22(36(37)38)19-29(25)39-2/h3-19,30-31H,1-2H3,(H,34,42)/t30-,31+/m0/s1. The topological polar surface area (TPSA) is 103 Å². The summed E-state index contributed by atoms with van der Waals surface area (Å²) in [5.41, 5.74) is 3.34. The monoisotopic (exact) mass is 578 g/mol. The average molecular weight is 579 g/mol. The molecule has 1 aliphatic heterocycles. The van der Waals surface area contributed by atoms with Crippen molar-refractivity contribution in [2.24, 2.45) is 0 Å². The van der Waals surface area contributed by atoms with Crippen LogP contribution in [-0.2, 0) is 0 Å². The van der Waals surface area contributed by atoms with E-state index in [0.29, 0.717) is 33.7 Å². The lowest BCUT2D eigenvalue weighted by molar-refractivity contribution is -0.384. The fourth-order valence-corrected chi connectivity index (χ4v) is 5.34. The minimum absolute atomic E-state index is 0.0658. The van der Waals surface area contributed by atoms with Crippen LogP contribution in [-0.4, -0.2) is 22.1 Å². The van der Waals surface area contributed by atoms with Gasteiger partial charge in [-0.1, -0.05) is 23.8 Å². The van der Waals surface area contributed by atoms with Crippen LogP contribution >= 0.6 is 12.2 Å². The summed E-state index contributed by atoms with van der Waals surface area (Å²) < 4.78 is 17.9. The van der Waals surface area contributed by atoms with Gasteiger partial charge in [-0.05, 0) is 85.9 Å². The van der Waals surface area contributed by atoms with E-state index in [1.54, 1.807) is 12.3 Å². The van der Waals surface area contributed by atoms with Gasteiger partial charge >= 0.3 is 0 Å². The van der Waals surface area contributed by atoms with Gasteiger partial charge in [-0.25, -0.2) is 0 Å². The van der Waals surface area contributed by atoms with E-state index in [-0.39, 0.29) is 17.8 Å². The molecule has 3 aromatic carbocycles. The van der Waals surface area contributed by atoms with Gasteiger partial charge < -0.3 is 24.1 Å². The Balaban J connectivity index is 1.36. The summed E-state index contributed by atoms with van der Waals surface area (Å²) in [6.45, 7) is 2.03. The molecule has 0 unspecified atom stereocenters. The summed E-state index contributed by atoms with van der Waals surface area (Å²) in [6.07, 6.45) is 1.74. The zero-order valence-electron chi connectivity index (χ0n) is 22.8. The number of furan rings is 1. The fraction of sp³-hybridized carbons (Fsp3) is 0.125. The van der Waals surface area contributed by atoms with Crippen molar-refractivity contribution in [3.63, 3.8) is 0 Å². The number of rotatable bonds is 8. The number of thiocarbonyl (C=S) groups is 1. The highest BCUT2D eigenvalue weighted by Crippen LogP contribution is 2.44. The van der Waals surface area contributed by atoms with Gasteiger partial charge in [0.05, 0.1) is 35.4 Å². The van der Waals surface area contributed by atoms with Crippen LogP contribution in [0.1, 0.15) is 29.1 Å². The first-order valence-corrected chi connectivity index (χ1v) is 13.6. The molecule has 1 aliphatic rings. The first-order valence-electron chi connectivity index (χ1n) is 13.2. The molecule has 0 spiro atoms. The van der Waals surface area contributed by atoms with Crippen molar-refractivity contribution in [2.75, 3.05) is 12.0 Å². The van der Waals surface area contributed by atoms with Crippen LogP contribution in [0.5, 0.6) is 17.2 Å². The van der Waals surface area contributed by atoms with E-state index in [2.05, 4.69) is 10.3 Å². The number of pyridine rings is 1. The summed E-state index contributed by atoms with van der Waals surface area (Å²) in [4.78, 5) is 17.4. The second kappa shape index (κ2) is 11.3. The van der Waals surface area contributed by atoms with Gasteiger partial charge in [0.15, 0.2) is 5.11 Å². The lowest BCUT2D eigenvalue weighted by Crippen LogP contribution is -2.29. The number of nitrogens with zero attached hydrogens (tertiary/aromatic N) is 3. The number of hydrogen-bond donors (Lipinski definition) is 1. The lowest BCUT2D eigenvalue weighted by Gasteiger charge is -2.26. The molecule has 6 rings (SSSR count). The third-order valence-corrected chi connectivity index (χ3v) is 7.36. The highest BCUT2D eigenvalue weighted by atomic mass is 32.1. The fourth-order valence-electron chi connectivity index (χ4n) is 4.99. The van der Waals surface area contributed by atoms with Crippen LogP contribution in [0.3, 0.4) is 0 Å². The molecule has 3 heterocycles. The number of nitro groups is 1. The normalized spacial score (nSPS) is 16.2. The molecule has 1 saturated heterocycles. The molecule has 5 aromatic rings. The lowest BCUT2D eigenvalue weighted by atomic mass is 10.0. The van der Waals surface area contributed by atoms with Crippen molar-refractivity contribution in [1.29, 1.82) is 0 Å². The van der Waals surface area contributed by atoms with E-state index >= 15 is 0 Å². The maximum Gasteiger partial charge on any atom is 0.273 e. The molecule has 0 saturated carbocycles. The number of methoxy groups -OCH3 is 1. The molecule has 1 N–H and O–H groups in total.